The van der Waals surface area contributed by atoms with Gasteiger partial charge < -0.3 is 4.74 Å². The molecule has 3 rings (SSSR count). The Morgan fingerprint density at radius 3 is 2.43 bits per heavy atom. The van der Waals surface area contributed by atoms with Crippen LogP contribution in [-0.2, 0) is 23.8 Å². The predicted octanol–water partition coefficient (Wildman–Crippen LogP) is 2.03. The van der Waals surface area contributed by atoms with E-state index in [-0.39, 0.29) is 11.8 Å². The Labute approximate surface area is 125 Å². The highest BCUT2D eigenvalue weighted by atomic mass is 32.2. The molecule has 0 aromatic heterocycles. The molecule has 1 heterocycles. The molecule has 0 amide bonds. The van der Waals surface area contributed by atoms with Gasteiger partial charge >= 0.3 is 5.97 Å². The van der Waals surface area contributed by atoms with Crippen LogP contribution < -0.4 is 0 Å². The molecule has 1 saturated heterocycles. The largest absolute Gasteiger partial charge is 0.452 e. The third-order valence-corrected chi connectivity index (χ3v) is 8.33. The van der Waals surface area contributed by atoms with Crippen molar-refractivity contribution in [2.24, 2.45) is 17.3 Å². The van der Waals surface area contributed by atoms with E-state index in [1.807, 2.05) is 13.8 Å². The molecule has 3 aliphatic rings. The monoisotopic (exact) mass is 314 g/mol. The van der Waals surface area contributed by atoms with Crippen molar-refractivity contribution in [1.29, 1.82) is 0 Å². The number of rotatable bonds is 2. The van der Waals surface area contributed by atoms with E-state index < -0.39 is 38.0 Å². The van der Waals surface area contributed by atoms with Gasteiger partial charge in [0.05, 0.1) is 5.25 Å². The molecule has 0 radical (unpaired) electrons. The second-order valence-electron chi connectivity index (χ2n) is 7.36. The van der Waals surface area contributed by atoms with Crippen molar-refractivity contribution in [3.05, 3.63) is 12.2 Å². The number of ether oxygens (including phenoxy) is 1. The lowest BCUT2D eigenvalue weighted by Gasteiger charge is -2.48. The molecule has 3 fully saturated rings. The Balaban J connectivity index is 2.15. The average molecular weight is 314 g/mol. The van der Waals surface area contributed by atoms with Crippen LogP contribution >= 0.6 is 0 Å². The minimum atomic E-state index is -3.60. The minimum absolute atomic E-state index is 0.104. The van der Waals surface area contributed by atoms with E-state index in [2.05, 4.69) is 6.58 Å². The van der Waals surface area contributed by atoms with Crippen LogP contribution in [0, 0.1) is 17.3 Å². The third-order valence-electron chi connectivity index (χ3n) is 6.55. The van der Waals surface area contributed by atoms with Crippen LogP contribution in [0.1, 0.15) is 41.0 Å². The Morgan fingerprint density at radius 1 is 1.33 bits per heavy atom. The fourth-order valence-corrected chi connectivity index (χ4v) is 7.29. The third kappa shape index (κ3) is 1.41. The lowest BCUT2D eigenvalue weighted by Crippen LogP contribution is -2.60. The van der Waals surface area contributed by atoms with Crippen molar-refractivity contribution >= 4 is 16.1 Å². The first kappa shape index (κ1) is 15.0. The summed E-state index contributed by atoms with van der Waals surface area (Å²) in [5.41, 5.74) is -2.11. The van der Waals surface area contributed by atoms with E-state index in [1.54, 1.807) is 20.8 Å². The van der Waals surface area contributed by atoms with Gasteiger partial charge in [-0.15, -0.1) is 0 Å². The van der Waals surface area contributed by atoms with Crippen LogP contribution in [0.25, 0.3) is 0 Å². The second kappa shape index (κ2) is 3.71. The number of hydrogen-bond donors (Lipinski definition) is 0. The summed E-state index contributed by atoms with van der Waals surface area (Å²) in [6.07, 6.45) is 0.469. The standard InChI is InChI=1S/C15H22O5S/c1-8(2)12(16)19-15(6)13(4)7-10-11(9(13)3)14(15,5)20-21(10,17)18/h9-11H,1,7H2,2-6H3. The smallest absolute Gasteiger partial charge is 0.333 e. The van der Waals surface area contributed by atoms with Gasteiger partial charge in [0.25, 0.3) is 10.1 Å². The first-order valence-electron chi connectivity index (χ1n) is 7.24. The molecule has 0 N–H and O–H groups in total. The minimum Gasteiger partial charge on any atom is -0.452 e. The van der Waals surface area contributed by atoms with Crippen LogP contribution in [0.2, 0.25) is 0 Å². The summed E-state index contributed by atoms with van der Waals surface area (Å²) in [6, 6.07) is 0. The fourth-order valence-electron chi connectivity index (χ4n) is 5.01. The maximum atomic E-state index is 12.3. The number of hydrogen-bond acceptors (Lipinski definition) is 5. The second-order valence-corrected chi connectivity index (χ2v) is 9.12. The Morgan fingerprint density at radius 2 is 1.90 bits per heavy atom. The van der Waals surface area contributed by atoms with Crippen LogP contribution in [0.3, 0.4) is 0 Å². The Kier molecular flexibility index (Phi) is 2.66. The van der Waals surface area contributed by atoms with Crippen molar-refractivity contribution in [2.45, 2.75) is 57.5 Å². The average Bonchev–Trinajstić information content (AvgIpc) is 2.75. The predicted molar refractivity (Wildman–Crippen MR) is 76.9 cm³/mol. The lowest BCUT2D eigenvalue weighted by atomic mass is 9.65. The van der Waals surface area contributed by atoms with Gasteiger partial charge in [0.1, 0.15) is 11.2 Å². The van der Waals surface area contributed by atoms with Gasteiger partial charge in [0, 0.05) is 16.9 Å². The van der Waals surface area contributed by atoms with Gasteiger partial charge in [-0.1, -0.05) is 20.4 Å². The molecule has 0 aromatic rings. The molecule has 6 heteroatoms. The summed E-state index contributed by atoms with van der Waals surface area (Å²) in [6.45, 7) is 12.8. The maximum absolute atomic E-state index is 12.3. The molecule has 6 unspecified atom stereocenters. The first-order chi connectivity index (χ1) is 9.41. The molecule has 2 saturated carbocycles. The highest BCUT2D eigenvalue weighted by Crippen LogP contribution is 2.74. The summed E-state index contributed by atoms with van der Waals surface area (Å²) in [7, 11) is -3.60. The number of esters is 1. The van der Waals surface area contributed by atoms with Gasteiger partial charge in [-0.05, 0) is 33.1 Å². The van der Waals surface area contributed by atoms with Gasteiger partial charge in [0.15, 0.2) is 0 Å². The zero-order valence-corrected chi connectivity index (χ0v) is 13.9. The molecule has 5 nitrogen and oxygen atoms in total. The molecule has 21 heavy (non-hydrogen) atoms. The van der Waals surface area contributed by atoms with Crippen molar-refractivity contribution in [2.75, 3.05) is 0 Å². The summed E-state index contributed by atoms with van der Waals surface area (Å²) in [4.78, 5) is 12.1. The van der Waals surface area contributed by atoms with E-state index in [0.717, 1.165) is 0 Å². The van der Waals surface area contributed by atoms with E-state index in [0.29, 0.717) is 12.0 Å². The van der Waals surface area contributed by atoms with Crippen molar-refractivity contribution in [3.8, 4) is 0 Å². The number of carbonyl (C=O) groups is 1. The van der Waals surface area contributed by atoms with E-state index in [4.69, 9.17) is 8.92 Å². The quantitative estimate of drug-likeness (QED) is 0.443. The molecule has 0 spiro atoms. The maximum Gasteiger partial charge on any atom is 0.333 e. The van der Waals surface area contributed by atoms with Crippen LogP contribution in [-0.4, -0.2) is 30.8 Å². The molecule has 118 valence electrons. The molecular formula is C15H22O5S. The molecule has 0 aromatic carbocycles. The highest BCUT2D eigenvalue weighted by Gasteiger charge is 2.84. The van der Waals surface area contributed by atoms with Crippen molar-refractivity contribution in [3.63, 3.8) is 0 Å². The fraction of sp³-hybridized carbons (Fsp3) is 0.800. The van der Waals surface area contributed by atoms with E-state index >= 15 is 0 Å². The van der Waals surface area contributed by atoms with E-state index in [9.17, 15) is 13.2 Å². The van der Waals surface area contributed by atoms with Crippen molar-refractivity contribution < 1.29 is 22.1 Å². The molecule has 2 bridgehead atoms. The molecular weight excluding hydrogens is 292 g/mol. The van der Waals surface area contributed by atoms with Crippen LogP contribution in [0.15, 0.2) is 12.2 Å². The van der Waals surface area contributed by atoms with Gasteiger partial charge in [-0.3, -0.25) is 4.18 Å². The SMILES string of the molecule is C=C(C)C(=O)OC1(C)C2(C)CC3C(C2C)C1(C)OS3(=O)=O. The normalized spacial score (nSPS) is 52.9. The van der Waals surface area contributed by atoms with Gasteiger partial charge in [0.2, 0.25) is 0 Å². The summed E-state index contributed by atoms with van der Waals surface area (Å²) >= 11 is 0. The zero-order chi connectivity index (χ0) is 16.0. The van der Waals surface area contributed by atoms with E-state index in [1.165, 1.54) is 0 Å². The molecule has 1 aliphatic heterocycles. The Bertz CT molecular complexity index is 653. The van der Waals surface area contributed by atoms with Crippen LogP contribution in [0.4, 0.5) is 0 Å². The van der Waals surface area contributed by atoms with Gasteiger partial charge in [-0.2, -0.15) is 8.42 Å². The lowest BCUT2D eigenvalue weighted by molar-refractivity contribution is -0.199. The zero-order valence-electron chi connectivity index (χ0n) is 13.1. The summed E-state index contributed by atoms with van der Waals surface area (Å²) in [5.74, 6) is -0.535. The Hall–Kier alpha value is -0.880. The highest BCUT2D eigenvalue weighted by molar-refractivity contribution is 7.87. The molecule has 2 aliphatic carbocycles. The van der Waals surface area contributed by atoms with Crippen molar-refractivity contribution in [1.82, 2.24) is 0 Å². The topological polar surface area (TPSA) is 69.7 Å². The first-order valence-corrected chi connectivity index (χ1v) is 8.71. The summed E-state index contributed by atoms with van der Waals surface area (Å²) in [5, 5.41) is -0.487. The van der Waals surface area contributed by atoms with Gasteiger partial charge in [-0.25, -0.2) is 4.79 Å². The number of fused-ring (bicyclic) bond motifs is 1. The summed E-state index contributed by atoms with van der Waals surface area (Å²) < 4.78 is 35.9. The number of carbonyl (C=O) groups excluding carboxylic acids is 1. The van der Waals surface area contributed by atoms with Crippen LogP contribution in [0.5, 0.6) is 0 Å². The molecule has 6 atom stereocenters.